The molecule has 1 aromatic carbocycles. The van der Waals surface area contributed by atoms with Gasteiger partial charge in [0, 0.05) is 10.9 Å². The minimum Gasteiger partial charge on any atom is -0.492 e. The van der Waals surface area contributed by atoms with Crippen molar-refractivity contribution in [2.24, 2.45) is 0 Å². The van der Waals surface area contributed by atoms with E-state index in [1.807, 2.05) is 37.3 Å². The van der Waals surface area contributed by atoms with Crippen LogP contribution in [-0.4, -0.2) is 19.0 Å². The predicted octanol–water partition coefficient (Wildman–Crippen LogP) is 3.50. The van der Waals surface area contributed by atoms with Gasteiger partial charge in [-0.3, -0.25) is 0 Å². The second-order valence-electron chi connectivity index (χ2n) is 2.87. The summed E-state index contributed by atoms with van der Waals surface area (Å²) in [7, 11) is 1.66. The van der Waals surface area contributed by atoms with E-state index in [-0.39, 0.29) is 0 Å². The minimum absolute atomic E-state index is 0.641. The number of para-hydroxylation sites is 1. The molecule has 0 saturated heterocycles. The van der Waals surface area contributed by atoms with Crippen molar-refractivity contribution < 1.29 is 9.47 Å². The Morgan fingerprint density at radius 2 is 2.20 bits per heavy atom. The van der Waals surface area contributed by atoms with E-state index >= 15 is 0 Å². The molecular formula is C12H15BrO2. The SMILES string of the molecule is CCOc1cccc(C=CCBr)c1OC. The Morgan fingerprint density at radius 1 is 1.40 bits per heavy atom. The number of benzene rings is 1. The lowest BCUT2D eigenvalue weighted by atomic mass is 10.1. The highest BCUT2D eigenvalue weighted by molar-refractivity contribution is 9.09. The van der Waals surface area contributed by atoms with E-state index in [4.69, 9.17) is 9.47 Å². The quantitative estimate of drug-likeness (QED) is 0.763. The molecule has 0 spiro atoms. The minimum atomic E-state index is 0.641. The van der Waals surface area contributed by atoms with Crippen molar-refractivity contribution in [2.75, 3.05) is 19.0 Å². The molecule has 0 N–H and O–H groups in total. The van der Waals surface area contributed by atoms with Gasteiger partial charge < -0.3 is 9.47 Å². The van der Waals surface area contributed by atoms with Crippen molar-refractivity contribution in [3.05, 3.63) is 29.8 Å². The van der Waals surface area contributed by atoms with Crippen LogP contribution in [0.4, 0.5) is 0 Å². The molecule has 1 aromatic rings. The van der Waals surface area contributed by atoms with Gasteiger partial charge in [-0.15, -0.1) is 0 Å². The molecule has 0 bridgehead atoms. The van der Waals surface area contributed by atoms with Crippen molar-refractivity contribution in [3.63, 3.8) is 0 Å². The fourth-order valence-corrected chi connectivity index (χ4v) is 1.51. The van der Waals surface area contributed by atoms with Crippen molar-refractivity contribution in [3.8, 4) is 11.5 Å². The first-order valence-electron chi connectivity index (χ1n) is 4.85. The van der Waals surface area contributed by atoms with Crippen LogP contribution in [0.3, 0.4) is 0 Å². The van der Waals surface area contributed by atoms with Gasteiger partial charge in [-0.05, 0) is 13.0 Å². The van der Waals surface area contributed by atoms with Crippen molar-refractivity contribution in [1.29, 1.82) is 0 Å². The maximum Gasteiger partial charge on any atom is 0.167 e. The number of rotatable bonds is 5. The van der Waals surface area contributed by atoms with E-state index in [1.165, 1.54) is 0 Å². The van der Waals surface area contributed by atoms with Crippen LogP contribution in [-0.2, 0) is 0 Å². The number of allylic oxidation sites excluding steroid dienone is 1. The molecule has 0 aliphatic heterocycles. The van der Waals surface area contributed by atoms with E-state index < -0.39 is 0 Å². The lowest BCUT2D eigenvalue weighted by molar-refractivity contribution is 0.310. The summed E-state index contributed by atoms with van der Waals surface area (Å²) in [6, 6.07) is 5.87. The molecule has 0 unspecified atom stereocenters. The Morgan fingerprint density at radius 3 is 2.80 bits per heavy atom. The highest BCUT2D eigenvalue weighted by atomic mass is 79.9. The summed E-state index contributed by atoms with van der Waals surface area (Å²) in [4.78, 5) is 0. The Labute approximate surface area is 99.0 Å². The van der Waals surface area contributed by atoms with Gasteiger partial charge in [0.1, 0.15) is 0 Å². The van der Waals surface area contributed by atoms with E-state index in [0.29, 0.717) is 6.61 Å². The van der Waals surface area contributed by atoms with Crippen LogP contribution in [0.15, 0.2) is 24.3 Å². The first-order chi connectivity index (χ1) is 7.33. The highest BCUT2D eigenvalue weighted by Gasteiger charge is 2.06. The second kappa shape index (κ2) is 6.51. The van der Waals surface area contributed by atoms with E-state index in [2.05, 4.69) is 15.9 Å². The molecule has 1 rings (SSSR count). The van der Waals surface area contributed by atoms with Gasteiger partial charge in [0.05, 0.1) is 13.7 Å². The summed E-state index contributed by atoms with van der Waals surface area (Å²) in [5.74, 6) is 1.58. The maximum atomic E-state index is 5.48. The van der Waals surface area contributed by atoms with Crippen LogP contribution in [0.2, 0.25) is 0 Å². The standard InChI is InChI=1S/C12H15BrO2/c1-3-15-11-8-4-6-10(7-5-9-13)12(11)14-2/h4-8H,3,9H2,1-2H3. The largest absolute Gasteiger partial charge is 0.492 e. The van der Waals surface area contributed by atoms with Crippen LogP contribution in [0, 0.1) is 0 Å². The second-order valence-corrected chi connectivity index (χ2v) is 3.52. The number of hydrogen-bond donors (Lipinski definition) is 0. The zero-order valence-electron chi connectivity index (χ0n) is 9.00. The first kappa shape index (κ1) is 12.1. The average molecular weight is 271 g/mol. The third-order valence-electron chi connectivity index (χ3n) is 1.90. The monoisotopic (exact) mass is 270 g/mol. The lowest BCUT2D eigenvalue weighted by Gasteiger charge is -2.11. The van der Waals surface area contributed by atoms with Crippen LogP contribution >= 0.6 is 15.9 Å². The molecule has 0 amide bonds. The molecule has 15 heavy (non-hydrogen) atoms. The molecule has 0 aliphatic rings. The molecule has 0 aliphatic carbocycles. The topological polar surface area (TPSA) is 18.5 Å². The Hall–Kier alpha value is -0.960. The van der Waals surface area contributed by atoms with Crippen LogP contribution in [0.1, 0.15) is 12.5 Å². The molecule has 0 fully saturated rings. The summed E-state index contributed by atoms with van der Waals surface area (Å²) in [5, 5.41) is 0.828. The number of alkyl halides is 1. The molecule has 0 radical (unpaired) electrons. The molecule has 0 atom stereocenters. The molecular weight excluding hydrogens is 256 g/mol. The summed E-state index contributed by atoms with van der Waals surface area (Å²) in [6.07, 6.45) is 4.03. The number of hydrogen-bond acceptors (Lipinski definition) is 2. The third-order valence-corrected chi connectivity index (χ3v) is 2.27. The van der Waals surface area contributed by atoms with Crippen molar-refractivity contribution in [2.45, 2.75) is 6.92 Å². The summed E-state index contributed by atoms with van der Waals surface area (Å²) >= 11 is 3.34. The Bertz CT molecular complexity index is 334. The fourth-order valence-electron chi connectivity index (χ4n) is 1.32. The molecule has 3 heteroatoms. The number of halogens is 1. The zero-order chi connectivity index (χ0) is 11.1. The molecule has 82 valence electrons. The van der Waals surface area contributed by atoms with Gasteiger partial charge in [-0.1, -0.05) is 40.2 Å². The molecule has 2 nitrogen and oxygen atoms in total. The molecule has 0 heterocycles. The summed E-state index contributed by atoms with van der Waals surface area (Å²) in [6.45, 7) is 2.60. The van der Waals surface area contributed by atoms with Crippen LogP contribution < -0.4 is 9.47 Å². The third kappa shape index (κ3) is 3.27. The number of methoxy groups -OCH3 is 1. The van der Waals surface area contributed by atoms with Crippen molar-refractivity contribution >= 4 is 22.0 Å². The molecule has 0 aromatic heterocycles. The lowest BCUT2D eigenvalue weighted by Crippen LogP contribution is -1.96. The van der Waals surface area contributed by atoms with Gasteiger partial charge >= 0.3 is 0 Å². The zero-order valence-corrected chi connectivity index (χ0v) is 10.6. The Kier molecular flexibility index (Phi) is 5.26. The predicted molar refractivity (Wildman–Crippen MR) is 67.0 cm³/mol. The first-order valence-corrected chi connectivity index (χ1v) is 5.98. The normalized spacial score (nSPS) is 10.6. The number of ether oxygens (including phenoxy) is 2. The maximum absolute atomic E-state index is 5.48. The Balaban J connectivity index is 3.04. The average Bonchev–Trinajstić information content (AvgIpc) is 2.27. The van der Waals surface area contributed by atoms with Crippen molar-refractivity contribution in [1.82, 2.24) is 0 Å². The summed E-state index contributed by atoms with van der Waals surface area (Å²) < 4.78 is 10.8. The van der Waals surface area contributed by atoms with Gasteiger partial charge in [0.15, 0.2) is 11.5 Å². The summed E-state index contributed by atoms with van der Waals surface area (Å²) in [5.41, 5.74) is 1.03. The fraction of sp³-hybridized carbons (Fsp3) is 0.333. The van der Waals surface area contributed by atoms with E-state index in [1.54, 1.807) is 7.11 Å². The van der Waals surface area contributed by atoms with Crippen LogP contribution in [0.5, 0.6) is 11.5 Å². The van der Waals surface area contributed by atoms with Gasteiger partial charge in [0.2, 0.25) is 0 Å². The van der Waals surface area contributed by atoms with Gasteiger partial charge in [-0.25, -0.2) is 0 Å². The molecule has 0 saturated carbocycles. The van der Waals surface area contributed by atoms with Gasteiger partial charge in [0.25, 0.3) is 0 Å². The van der Waals surface area contributed by atoms with Crippen LogP contribution in [0.25, 0.3) is 6.08 Å². The smallest absolute Gasteiger partial charge is 0.167 e. The van der Waals surface area contributed by atoms with E-state index in [0.717, 1.165) is 22.4 Å². The highest BCUT2D eigenvalue weighted by Crippen LogP contribution is 2.31. The van der Waals surface area contributed by atoms with E-state index in [9.17, 15) is 0 Å². The van der Waals surface area contributed by atoms with Gasteiger partial charge in [-0.2, -0.15) is 0 Å².